The molecular formula is C51H62Cl2N10O6S2. The number of halogens is 2. The highest BCUT2D eigenvalue weighted by molar-refractivity contribution is 7.89. The summed E-state index contributed by atoms with van der Waals surface area (Å²) < 4.78 is 53.3. The summed E-state index contributed by atoms with van der Waals surface area (Å²) in [6.45, 7) is 2.57. The topological polar surface area (TPSA) is 243 Å². The zero-order valence-corrected chi connectivity index (χ0v) is 42.6. The molecule has 2 aliphatic rings. The number of sulfonamides is 2. The number of hydrogen-bond donors (Lipinski definition) is 6. The van der Waals surface area contributed by atoms with Gasteiger partial charge in [0.15, 0.2) is 0 Å². The van der Waals surface area contributed by atoms with Crippen LogP contribution in [0.2, 0.25) is 0 Å². The maximum Gasteiger partial charge on any atom is 0.335 e. The number of amidine groups is 2. The van der Waals surface area contributed by atoms with Gasteiger partial charge in [-0.1, -0.05) is 123 Å². The van der Waals surface area contributed by atoms with Gasteiger partial charge in [0.2, 0.25) is 5.84 Å². The Hall–Kier alpha value is -6.28. The number of nitrogens with zero attached hydrogens (tertiary/aromatic N) is 4. The largest absolute Gasteiger partial charge is 1.00 e. The monoisotopic (exact) mass is 1040 g/mol. The highest BCUT2D eigenvalue weighted by Gasteiger charge is 2.29. The summed E-state index contributed by atoms with van der Waals surface area (Å²) in [5.41, 5.74) is 14.4. The Morgan fingerprint density at radius 3 is 1.21 bits per heavy atom. The second-order valence-corrected chi connectivity index (χ2v) is 20.8. The molecule has 0 saturated carbocycles. The lowest BCUT2D eigenvalue weighted by molar-refractivity contribution is -0.117. The zero-order chi connectivity index (χ0) is 49.0. The van der Waals surface area contributed by atoms with E-state index >= 15 is 0 Å². The Balaban J connectivity index is 0.000000257. The molecule has 6 aromatic carbocycles. The first-order chi connectivity index (χ1) is 33.1. The van der Waals surface area contributed by atoms with Crippen molar-refractivity contribution in [2.75, 3.05) is 26.2 Å². The van der Waals surface area contributed by atoms with Crippen LogP contribution in [0, 0.1) is 0 Å². The minimum Gasteiger partial charge on any atom is -1.00 e. The summed E-state index contributed by atoms with van der Waals surface area (Å²) in [7, 11) is -8.00. The fourth-order valence-corrected chi connectivity index (χ4v) is 10.5. The van der Waals surface area contributed by atoms with E-state index in [0.29, 0.717) is 44.0 Å². The number of fused-ring (bicyclic) bond motifs is 2. The van der Waals surface area contributed by atoms with Gasteiger partial charge in [0.05, 0.1) is 34.9 Å². The van der Waals surface area contributed by atoms with E-state index < -0.39 is 20.0 Å². The predicted molar refractivity (Wildman–Crippen MR) is 268 cm³/mol. The minimum absolute atomic E-state index is 0. The molecule has 0 bridgehead atoms. The third-order valence-electron chi connectivity index (χ3n) is 12.1. The molecule has 10 N–H and O–H groups in total. The van der Waals surface area contributed by atoms with Gasteiger partial charge in [-0.25, -0.2) is 36.4 Å². The molecule has 2 fully saturated rings. The second kappa shape index (κ2) is 25.7. The lowest BCUT2D eigenvalue weighted by atomic mass is 10.1. The first kappa shape index (κ1) is 55.6. The third kappa shape index (κ3) is 15.4. The number of carbonyl (C=O) groups is 2. The number of nitrogens with one attached hydrogen (secondary N) is 2. The number of benzene rings is 6. The van der Waals surface area contributed by atoms with Crippen molar-refractivity contribution < 1.29 is 62.1 Å². The Bertz CT molecular complexity index is 3000. The van der Waals surface area contributed by atoms with E-state index in [4.69, 9.17) is 22.3 Å². The number of hydrogen-bond acceptors (Lipinski definition) is 6. The maximum atomic E-state index is 13.5. The highest BCUT2D eigenvalue weighted by atomic mass is 35.5. The van der Waals surface area contributed by atoms with E-state index in [9.17, 15) is 26.4 Å². The van der Waals surface area contributed by atoms with Crippen molar-refractivity contribution in [1.29, 1.82) is 0 Å². The molecule has 0 unspecified atom stereocenters. The van der Waals surface area contributed by atoms with Crippen molar-refractivity contribution in [3.63, 3.8) is 0 Å². The van der Waals surface area contributed by atoms with E-state index in [-0.39, 0.29) is 65.6 Å². The van der Waals surface area contributed by atoms with Crippen LogP contribution >= 0.6 is 0 Å². The number of likely N-dealkylation sites (tertiary alicyclic amines) is 2. The molecule has 0 spiro atoms. The average Bonchev–Trinajstić information content (AvgIpc) is 3.80. The smallest absolute Gasteiger partial charge is 0.335 e. The normalized spacial score (nSPS) is 14.1. The van der Waals surface area contributed by atoms with Gasteiger partial charge in [-0.15, -0.1) is 9.66 Å². The van der Waals surface area contributed by atoms with Crippen LogP contribution < -0.4 is 56.8 Å². The molecular weight excluding hydrogens is 984 g/mol. The van der Waals surface area contributed by atoms with Crippen molar-refractivity contribution in [2.45, 2.75) is 80.7 Å². The van der Waals surface area contributed by atoms with Crippen molar-refractivity contribution in [1.82, 2.24) is 29.5 Å². The van der Waals surface area contributed by atoms with E-state index in [0.717, 1.165) is 89.6 Å². The number of amides is 4. The summed E-state index contributed by atoms with van der Waals surface area (Å²) in [6.07, 6.45) is 8.31. The number of hydrazine groups is 2. The van der Waals surface area contributed by atoms with Crippen LogP contribution in [-0.2, 0) is 39.6 Å². The van der Waals surface area contributed by atoms with Crippen molar-refractivity contribution in [3.8, 4) is 0 Å². The summed E-state index contributed by atoms with van der Waals surface area (Å²) in [5, 5.41) is 17.1. The van der Waals surface area contributed by atoms with Gasteiger partial charge in [-0.05, 0) is 100 Å². The molecule has 2 saturated heterocycles. The van der Waals surface area contributed by atoms with Crippen LogP contribution in [0.25, 0.3) is 21.5 Å². The van der Waals surface area contributed by atoms with Gasteiger partial charge in [0, 0.05) is 26.2 Å². The first-order valence-corrected chi connectivity index (χ1v) is 26.2. The predicted octanol–water partition coefficient (Wildman–Crippen LogP) is -1.81. The lowest BCUT2D eigenvalue weighted by Crippen LogP contribution is -3.00. The lowest BCUT2D eigenvalue weighted by Gasteiger charge is -2.30. The molecule has 8 rings (SSSR count). The third-order valence-corrected chi connectivity index (χ3v) is 14.8. The number of nitrogens with two attached hydrogens (primary N) is 4. The quantitative estimate of drug-likeness (QED) is 0.0437. The van der Waals surface area contributed by atoms with Gasteiger partial charge in [0.25, 0.3) is 25.9 Å². The molecule has 6 aromatic rings. The van der Waals surface area contributed by atoms with E-state index in [1.54, 1.807) is 70.5 Å². The Labute approximate surface area is 428 Å². The molecule has 0 atom stereocenters. The zero-order valence-electron chi connectivity index (χ0n) is 39.4. The van der Waals surface area contributed by atoms with E-state index in [1.165, 1.54) is 10.0 Å². The molecule has 16 nitrogen and oxygen atoms in total. The molecule has 71 heavy (non-hydrogen) atoms. The van der Waals surface area contributed by atoms with Crippen molar-refractivity contribution in [2.24, 2.45) is 11.5 Å². The second-order valence-electron chi connectivity index (χ2n) is 17.5. The molecule has 2 aliphatic heterocycles. The summed E-state index contributed by atoms with van der Waals surface area (Å²) >= 11 is 0. The molecule has 20 heteroatoms. The van der Waals surface area contributed by atoms with Crippen LogP contribution in [0.4, 0.5) is 9.59 Å². The Morgan fingerprint density at radius 1 is 0.493 bits per heavy atom. The SMILES string of the molecule is NC(=[NH2+])Cc1ccc(CN(NS(=O)(=O)c2ccc3ccccc3c2)C(=O)N2CCCCCC2)cc1.NC(=[NH2+])c1ccc(CN(NS(=O)(=O)c2ccc3ccccc3c2)C(=O)N2CCCCCC2)cc1.[Cl-].[Cl-]. The Kier molecular flexibility index (Phi) is 20.2. The summed E-state index contributed by atoms with van der Waals surface area (Å²) in [6, 6.07) is 38.8. The molecule has 0 aliphatic carbocycles. The van der Waals surface area contributed by atoms with E-state index in [1.807, 2.05) is 72.8 Å². The van der Waals surface area contributed by atoms with Crippen molar-refractivity contribution >= 4 is 65.3 Å². The van der Waals surface area contributed by atoms with E-state index in [2.05, 4.69) is 9.66 Å². The highest BCUT2D eigenvalue weighted by Crippen LogP contribution is 2.23. The van der Waals surface area contributed by atoms with Gasteiger partial charge in [-0.2, -0.15) is 0 Å². The summed E-state index contributed by atoms with van der Waals surface area (Å²) in [4.78, 5) is 35.7. The molecule has 4 amide bonds. The summed E-state index contributed by atoms with van der Waals surface area (Å²) in [5.74, 6) is 0.514. The fourth-order valence-electron chi connectivity index (χ4n) is 8.37. The molecule has 0 aromatic heterocycles. The Morgan fingerprint density at radius 2 is 0.845 bits per heavy atom. The minimum atomic E-state index is -4.00. The van der Waals surface area contributed by atoms with Gasteiger partial charge >= 0.3 is 12.1 Å². The van der Waals surface area contributed by atoms with Gasteiger partial charge in [-0.3, -0.25) is 22.3 Å². The van der Waals surface area contributed by atoms with Gasteiger partial charge < -0.3 is 34.6 Å². The van der Waals surface area contributed by atoms with Crippen LogP contribution in [0.15, 0.2) is 143 Å². The van der Waals surface area contributed by atoms with Crippen LogP contribution in [0.5, 0.6) is 0 Å². The molecule has 378 valence electrons. The van der Waals surface area contributed by atoms with Crippen LogP contribution in [0.1, 0.15) is 73.6 Å². The molecule has 0 radical (unpaired) electrons. The standard InChI is InChI=1S/C26H31N5O3S.C25H29N5O3S.2ClH/c27-25(28)17-20-9-11-21(12-10-20)19-31(26(32)30-15-5-1-2-6-16-30)29-35(33,34)24-14-13-22-7-3-4-8-23(22)18-24;26-24(27)21-11-9-19(10-12-21)18-30(25(31)29-15-5-1-2-6-16-29)28-34(32,33)23-14-13-20-7-3-4-8-22(20)17-23;;/h3-4,7-14,18,29H,1-2,5-6,15-17,19H2,(H3,27,28);3-4,7-14,17,28H,1-2,5-6,15-16,18H2,(H3,26,27);2*1H. The number of urea groups is 2. The maximum absolute atomic E-state index is 13.5. The molecule has 2 heterocycles. The first-order valence-electron chi connectivity index (χ1n) is 23.2. The fraction of sp³-hybridized carbons (Fsp3) is 0.294. The van der Waals surface area contributed by atoms with Crippen LogP contribution in [-0.4, -0.2) is 86.6 Å². The van der Waals surface area contributed by atoms with Crippen LogP contribution in [0.3, 0.4) is 0 Å². The average molecular weight is 1050 g/mol. The van der Waals surface area contributed by atoms with Crippen molar-refractivity contribution in [3.05, 3.63) is 156 Å². The van der Waals surface area contributed by atoms with Gasteiger partial charge in [0.1, 0.15) is 0 Å². The number of rotatable bonds is 13. The number of carbonyl (C=O) groups excluding carboxylic acids is 2.